The number of H-pyrrole nitrogens is 2. The molecule has 0 spiro atoms. The standard InChI is InChI=1S/C13H7F6N7/c14-12(15,16)10-21-8(23-25-10)6-4-2-1-3-5-7(20-6)9-22-11(26-24-9)13(17,18)19/h2,4,7H,1H2,(H,21,23,25)(H,22,24,26)/b4-2-,20-6?. The number of aliphatic imine (C=N–C) groups is 1. The zero-order chi connectivity index (χ0) is 18.9. The van der Waals surface area contributed by atoms with E-state index < -0.39 is 30.0 Å². The van der Waals surface area contributed by atoms with E-state index in [0.717, 1.165) is 0 Å². The summed E-state index contributed by atoms with van der Waals surface area (Å²) in [5, 5.41) is 10.3. The van der Waals surface area contributed by atoms with E-state index in [9.17, 15) is 26.3 Å². The molecule has 1 aliphatic rings. The lowest BCUT2D eigenvalue weighted by atomic mass is 10.2. The zero-order valence-corrected chi connectivity index (χ0v) is 12.4. The first kappa shape index (κ1) is 17.6. The summed E-state index contributed by atoms with van der Waals surface area (Å²) in [5.74, 6) is 1.80. The Labute approximate surface area is 140 Å². The third kappa shape index (κ3) is 3.73. The van der Waals surface area contributed by atoms with Gasteiger partial charge in [0.2, 0.25) is 5.82 Å². The predicted octanol–water partition coefficient (Wildman–Crippen LogP) is 2.45. The van der Waals surface area contributed by atoms with Crippen LogP contribution in [0.1, 0.15) is 35.8 Å². The molecule has 1 atom stereocenters. The Bertz CT molecular complexity index is 921. The molecule has 1 unspecified atom stereocenters. The topological polar surface area (TPSA) is 95.5 Å². The van der Waals surface area contributed by atoms with Crippen molar-refractivity contribution in [2.75, 3.05) is 0 Å². The van der Waals surface area contributed by atoms with Crippen LogP contribution in [-0.2, 0) is 12.4 Å². The van der Waals surface area contributed by atoms with E-state index in [1.54, 1.807) is 5.10 Å². The van der Waals surface area contributed by atoms with Crippen molar-refractivity contribution >= 4 is 5.71 Å². The summed E-state index contributed by atoms with van der Waals surface area (Å²) >= 11 is 0. The van der Waals surface area contributed by atoms with Gasteiger partial charge in [0.05, 0.1) is 0 Å². The molecule has 0 bridgehead atoms. The molecule has 0 amide bonds. The number of alkyl halides is 6. The number of hydrogen-bond acceptors (Lipinski definition) is 5. The largest absolute Gasteiger partial charge is 0.453 e. The molecular weight excluding hydrogens is 368 g/mol. The number of nitrogens with one attached hydrogen (secondary N) is 2. The van der Waals surface area contributed by atoms with Gasteiger partial charge >= 0.3 is 12.4 Å². The van der Waals surface area contributed by atoms with Crippen LogP contribution in [-0.4, -0.2) is 36.1 Å². The molecule has 0 fully saturated rings. The Balaban J connectivity index is 1.98. The van der Waals surface area contributed by atoms with E-state index in [1.165, 1.54) is 12.2 Å². The van der Waals surface area contributed by atoms with E-state index in [2.05, 4.69) is 42.1 Å². The molecule has 0 aromatic carbocycles. The third-order valence-corrected chi connectivity index (χ3v) is 3.00. The predicted molar refractivity (Wildman–Crippen MR) is 73.6 cm³/mol. The Hall–Kier alpha value is -3.17. The fourth-order valence-corrected chi connectivity index (χ4v) is 1.89. The average molecular weight is 375 g/mol. The number of aromatic amines is 2. The molecule has 3 rings (SSSR count). The first-order chi connectivity index (χ1) is 12.1. The Morgan fingerprint density at radius 2 is 1.77 bits per heavy atom. The molecule has 3 heterocycles. The number of aromatic nitrogens is 6. The maximum Gasteiger partial charge on any atom is 0.453 e. The highest BCUT2D eigenvalue weighted by atomic mass is 19.4. The highest BCUT2D eigenvalue weighted by Crippen LogP contribution is 2.28. The van der Waals surface area contributed by atoms with Gasteiger partial charge in [0.15, 0.2) is 17.7 Å². The lowest BCUT2D eigenvalue weighted by Crippen LogP contribution is -2.10. The van der Waals surface area contributed by atoms with Gasteiger partial charge in [-0.2, -0.15) is 31.4 Å². The molecular formula is C13H7F6N7. The van der Waals surface area contributed by atoms with Crippen LogP contribution >= 0.6 is 0 Å². The minimum absolute atomic E-state index is 0.0966. The summed E-state index contributed by atoms with van der Waals surface area (Å²) in [7, 11) is 0. The quantitative estimate of drug-likeness (QED) is 0.623. The molecule has 13 heteroatoms. The summed E-state index contributed by atoms with van der Waals surface area (Å²) in [4.78, 5) is 10.6. The lowest BCUT2D eigenvalue weighted by Gasteiger charge is -2.05. The van der Waals surface area contributed by atoms with E-state index in [1.807, 2.05) is 0 Å². The Morgan fingerprint density at radius 3 is 2.38 bits per heavy atom. The second kappa shape index (κ2) is 6.28. The number of allylic oxidation sites excluding steroid dienone is 2. The first-order valence-electron chi connectivity index (χ1n) is 6.87. The molecule has 2 aromatic rings. The van der Waals surface area contributed by atoms with Crippen molar-refractivity contribution in [3.63, 3.8) is 0 Å². The van der Waals surface area contributed by atoms with E-state index in [4.69, 9.17) is 0 Å². The summed E-state index contributed by atoms with van der Waals surface area (Å²) in [6.07, 6.45) is -6.46. The molecule has 0 radical (unpaired) electrons. The van der Waals surface area contributed by atoms with Crippen molar-refractivity contribution < 1.29 is 26.3 Å². The minimum Gasteiger partial charge on any atom is -0.260 e. The van der Waals surface area contributed by atoms with Gasteiger partial charge in [0.1, 0.15) is 5.71 Å². The van der Waals surface area contributed by atoms with Gasteiger partial charge in [0.25, 0.3) is 5.82 Å². The fourth-order valence-electron chi connectivity index (χ4n) is 1.89. The van der Waals surface area contributed by atoms with Crippen LogP contribution in [0.25, 0.3) is 0 Å². The molecule has 0 saturated heterocycles. The van der Waals surface area contributed by atoms with Gasteiger partial charge in [-0.25, -0.2) is 9.97 Å². The smallest absolute Gasteiger partial charge is 0.260 e. The molecule has 26 heavy (non-hydrogen) atoms. The minimum atomic E-state index is -4.76. The van der Waals surface area contributed by atoms with Gasteiger partial charge < -0.3 is 0 Å². The number of rotatable bonds is 2. The molecule has 2 N–H and O–H groups in total. The van der Waals surface area contributed by atoms with Gasteiger partial charge in [-0.1, -0.05) is 17.9 Å². The van der Waals surface area contributed by atoms with Gasteiger partial charge in [0, 0.05) is 6.42 Å². The SMILES string of the molecule is FC(F)(F)c1n[nH]c(C2C#CC/C=C\C(c3n[nH]c(C(F)(F)F)n3)=N2)n1. The highest BCUT2D eigenvalue weighted by molar-refractivity contribution is 6.06. The van der Waals surface area contributed by atoms with Crippen molar-refractivity contribution in [2.45, 2.75) is 24.8 Å². The normalized spacial score (nSPS) is 19.2. The summed E-state index contributed by atoms with van der Waals surface area (Å²) in [5.41, 5.74) is -0.0966. The summed E-state index contributed by atoms with van der Waals surface area (Å²) < 4.78 is 75.7. The van der Waals surface area contributed by atoms with Crippen molar-refractivity contribution in [3.8, 4) is 11.8 Å². The van der Waals surface area contributed by atoms with Crippen molar-refractivity contribution in [1.29, 1.82) is 0 Å². The van der Waals surface area contributed by atoms with Crippen LogP contribution in [0.4, 0.5) is 26.3 Å². The van der Waals surface area contributed by atoms with Crippen molar-refractivity contribution in [2.24, 2.45) is 4.99 Å². The molecule has 1 aliphatic heterocycles. The van der Waals surface area contributed by atoms with Crippen LogP contribution in [0.3, 0.4) is 0 Å². The molecule has 0 saturated carbocycles. The Morgan fingerprint density at radius 1 is 1.00 bits per heavy atom. The molecule has 7 nitrogen and oxygen atoms in total. The van der Waals surface area contributed by atoms with Gasteiger partial charge in [-0.05, 0) is 6.08 Å². The van der Waals surface area contributed by atoms with Crippen LogP contribution in [0.15, 0.2) is 17.1 Å². The third-order valence-electron chi connectivity index (χ3n) is 3.00. The van der Waals surface area contributed by atoms with E-state index in [-0.39, 0.29) is 23.8 Å². The molecule has 0 aliphatic carbocycles. The number of halogens is 6. The van der Waals surface area contributed by atoms with Crippen LogP contribution in [0, 0.1) is 11.8 Å². The van der Waals surface area contributed by atoms with E-state index in [0.29, 0.717) is 0 Å². The monoisotopic (exact) mass is 375 g/mol. The van der Waals surface area contributed by atoms with E-state index >= 15 is 0 Å². The summed E-state index contributed by atoms with van der Waals surface area (Å²) in [6.45, 7) is 0. The summed E-state index contributed by atoms with van der Waals surface area (Å²) in [6, 6.07) is -1.20. The van der Waals surface area contributed by atoms with Crippen LogP contribution in [0.2, 0.25) is 0 Å². The lowest BCUT2D eigenvalue weighted by molar-refractivity contribution is -0.145. The first-order valence-corrected chi connectivity index (χ1v) is 6.87. The maximum atomic E-state index is 12.6. The van der Waals surface area contributed by atoms with Crippen molar-refractivity contribution in [1.82, 2.24) is 30.4 Å². The Kier molecular flexibility index (Phi) is 4.26. The second-order valence-corrected chi connectivity index (χ2v) is 4.89. The number of nitrogens with zero attached hydrogens (tertiary/aromatic N) is 5. The van der Waals surface area contributed by atoms with Gasteiger partial charge in [-0.15, -0.1) is 5.10 Å². The average Bonchev–Trinajstić information content (AvgIpc) is 3.15. The zero-order valence-electron chi connectivity index (χ0n) is 12.4. The maximum absolute atomic E-state index is 12.6. The van der Waals surface area contributed by atoms with Crippen LogP contribution in [0.5, 0.6) is 0 Å². The second-order valence-electron chi connectivity index (χ2n) is 4.89. The van der Waals surface area contributed by atoms with Gasteiger partial charge in [-0.3, -0.25) is 15.2 Å². The fraction of sp³-hybridized carbons (Fsp3) is 0.308. The molecule has 2 aromatic heterocycles. The highest BCUT2D eigenvalue weighted by Gasteiger charge is 2.37. The molecule has 136 valence electrons. The van der Waals surface area contributed by atoms with Crippen LogP contribution < -0.4 is 0 Å². The number of hydrogen-bond donors (Lipinski definition) is 2. The van der Waals surface area contributed by atoms with Crippen molar-refractivity contribution in [3.05, 3.63) is 35.4 Å².